The van der Waals surface area contributed by atoms with Crippen LogP contribution in [0.2, 0.25) is 0 Å². The summed E-state index contributed by atoms with van der Waals surface area (Å²) in [6.07, 6.45) is -1.23. The Bertz CT molecular complexity index is 1520. The van der Waals surface area contributed by atoms with Gasteiger partial charge in [0.2, 0.25) is 5.91 Å². The fourth-order valence-electron chi connectivity index (χ4n) is 3.70. The third-order valence-corrected chi connectivity index (χ3v) is 5.59. The number of amides is 1. The van der Waals surface area contributed by atoms with Crippen molar-refractivity contribution in [1.29, 1.82) is 5.41 Å². The molecule has 5 rings (SSSR count). The first kappa shape index (κ1) is 24.5. The molecule has 0 bridgehead atoms. The number of H-pyrrole nitrogens is 1. The molecule has 0 fully saturated rings. The normalized spacial score (nSPS) is 11.1. The minimum Gasteiger partial charge on any atom is -0.488 e. The van der Waals surface area contributed by atoms with Crippen LogP contribution in [0.3, 0.4) is 0 Å². The van der Waals surface area contributed by atoms with Gasteiger partial charge in [0.1, 0.15) is 12.4 Å². The number of alkyl halides is 3. The van der Waals surface area contributed by atoms with Crippen LogP contribution < -0.4 is 10.5 Å². The lowest BCUT2D eigenvalue weighted by Gasteiger charge is -2.12. The van der Waals surface area contributed by atoms with Crippen LogP contribution in [0.1, 0.15) is 27.0 Å². The molecule has 8 heteroatoms. The second-order valence-electron chi connectivity index (χ2n) is 7.97. The van der Waals surface area contributed by atoms with Crippen molar-refractivity contribution in [3.63, 3.8) is 0 Å². The fourth-order valence-corrected chi connectivity index (χ4v) is 3.70. The number of carbonyl (C=O) groups is 1. The van der Waals surface area contributed by atoms with Crippen molar-refractivity contribution in [2.24, 2.45) is 5.73 Å². The number of ether oxygens (including phenoxy) is 1. The van der Waals surface area contributed by atoms with E-state index in [0.29, 0.717) is 16.9 Å². The monoisotopic (exact) mass is 489 g/mol. The topological polar surface area (TPSA) is 92.0 Å². The van der Waals surface area contributed by atoms with Gasteiger partial charge in [0.25, 0.3) is 0 Å². The van der Waals surface area contributed by atoms with Gasteiger partial charge in [-0.1, -0.05) is 36.4 Å². The molecule has 0 aliphatic rings. The summed E-state index contributed by atoms with van der Waals surface area (Å²) in [7, 11) is 0. The third kappa shape index (κ3) is 5.55. The summed E-state index contributed by atoms with van der Waals surface area (Å²) in [5.41, 5.74) is 7.45. The number of benzene rings is 4. The lowest BCUT2D eigenvalue weighted by molar-refractivity contribution is -0.137. The van der Waals surface area contributed by atoms with E-state index < -0.39 is 17.6 Å². The van der Waals surface area contributed by atoms with Crippen LogP contribution >= 0.6 is 0 Å². The Morgan fingerprint density at radius 1 is 0.944 bits per heavy atom. The SMILES string of the molecule is N=Cc1ccc(OCc2ccc(C(F)(F)F)cc2)c2ccccc12.NC(=O)c1ccc2[nH]ccc2c1. The van der Waals surface area contributed by atoms with Gasteiger partial charge in [0, 0.05) is 39.8 Å². The Morgan fingerprint density at radius 2 is 1.67 bits per heavy atom. The summed E-state index contributed by atoms with van der Waals surface area (Å²) < 4.78 is 43.5. The standard InChI is InChI=1S/C19H14F3NO.C9H8N2O/c20-19(21,22)15-8-5-13(6-9-15)12-24-18-10-7-14(11-23)16-3-1-2-4-17(16)18;10-9(12)7-1-2-8-6(5-7)3-4-11-8/h1-11,23H,12H2;1-5,11H,(H2,10,12). The van der Waals surface area contributed by atoms with E-state index in [9.17, 15) is 18.0 Å². The highest BCUT2D eigenvalue weighted by atomic mass is 19.4. The summed E-state index contributed by atoms with van der Waals surface area (Å²) in [5.74, 6) is 0.245. The van der Waals surface area contributed by atoms with Gasteiger partial charge in [0.05, 0.1) is 5.56 Å². The van der Waals surface area contributed by atoms with E-state index in [2.05, 4.69) is 4.98 Å². The maximum absolute atomic E-state index is 12.6. The molecule has 0 spiro atoms. The molecule has 36 heavy (non-hydrogen) atoms. The molecule has 0 unspecified atom stereocenters. The molecule has 0 aliphatic heterocycles. The molecule has 1 amide bonds. The number of aromatic amines is 1. The van der Waals surface area contributed by atoms with Crippen LogP contribution in [0.15, 0.2) is 91.1 Å². The second kappa shape index (κ2) is 10.4. The van der Waals surface area contributed by atoms with Crippen LogP contribution in [0, 0.1) is 5.41 Å². The number of primary amides is 1. The van der Waals surface area contributed by atoms with E-state index in [4.69, 9.17) is 15.9 Å². The van der Waals surface area contributed by atoms with E-state index in [0.717, 1.165) is 39.4 Å². The average molecular weight is 489 g/mol. The average Bonchev–Trinajstić information content (AvgIpc) is 3.35. The van der Waals surface area contributed by atoms with E-state index in [1.54, 1.807) is 24.3 Å². The molecule has 0 aliphatic carbocycles. The lowest BCUT2D eigenvalue weighted by Crippen LogP contribution is -2.10. The molecule has 1 heterocycles. The number of aromatic nitrogens is 1. The van der Waals surface area contributed by atoms with Crippen molar-refractivity contribution in [2.45, 2.75) is 12.8 Å². The Hall–Kier alpha value is -4.59. The van der Waals surface area contributed by atoms with Crippen molar-refractivity contribution in [1.82, 2.24) is 4.98 Å². The molecule has 182 valence electrons. The number of hydrogen-bond acceptors (Lipinski definition) is 3. The van der Waals surface area contributed by atoms with Gasteiger partial charge >= 0.3 is 6.18 Å². The summed E-state index contributed by atoms with van der Waals surface area (Å²) in [5, 5.41) is 10.2. The summed E-state index contributed by atoms with van der Waals surface area (Å²) >= 11 is 0. The molecule has 5 nitrogen and oxygen atoms in total. The van der Waals surface area contributed by atoms with Gasteiger partial charge in [0.15, 0.2) is 0 Å². The van der Waals surface area contributed by atoms with Gasteiger partial charge in [-0.2, -0.15) is 13.2 Å². The molecule has 0 radical (unpaired) electrons. The molecular formula is C28H22F3N3O2. The van der Waals surface area contributed by atoms with E-state index in [1.807, 2.05) is 42.6 Å². The lowest BCUT2D eigenvalue weighted by atomic mass is 10.0. The van der Waals surface area contributed by atoms with Crippen LogP contribution in [-0.4, -0.2) is 17.1 Å². The summed E-state index contributed by atoms with van der Waals surface area (Å²) in [6.45, 7) is 0.173. The maximum atomic E-state index is 12.6. The van der Waals surface area contributed by atoms with Crippen LogP contribution in [0.25, 0.3) is 21.7 Å². The smallest absolute Gasteiger partial charge is 0.416 e. The summed E-state index contributed by atoms with van der Waals surface area (Å²) in [6, 6.07) is 23.3. The van der Waals surface area contributed by atoms with Gasteiger partial charge in [-0.3, -0.25) is 4.79 Å². The number of halogens is 3. The van der Waals surface area contributed by atoms with Crippen LogP contribution in [-0.2, 0) is 12.8 Å². The first-order valence-corrected chi connectivity index (χ1v) is 10.9. The van der Waals surface area contributed by atoms with Crippen LogP contribution in [0.4, 0.5) is 13.2 Å². The first-order valence-electron chi connectivity index (χ1n) is 10.9. The van der Waals surface area contributed by atoms with Gasteiger partial charge in [-0.25, -0.2) is 0 Å². The quantitative estimate of drug-likeness (QED) is 0.240. The predicted octanol–water partition coefficient (Wildman–Crippen LogP) is 6.70. The Kier molecular flexibility index (Phi) is 7.05. The maximum Gasteiger partial charge on any atom is 0.416 e. The van der Waals surface area contributed by atoms with Crippen molar-refractivity contribution in [3.05, 3.63) is 113 Å². The van der Waals surface area contributed by atoms with Crippen LogP contribution in [0.5, 0.6) is 5.75 Å². The molecule has 5 aromatic rings. The molecule has 1 aromatic heterocycles. The molecule has 4 aromatic carbocycles. The molecule has 0 saturated heterocycles. The zero-order chi connectivity index (χ0) is 25.7. The molecular weight excluding hydrogens is 467 g/mol. The Labute approximate surface area is 204 Å². The minimum atomic E-state index is -4.34. The third-order valence-electron chi connectivity index (χ3n) is 5.59. The van der Waals surface area contributed by atoms with Crippen molar-refractivity contribution in [3.8, 4) is 5.75 Å². The van der Waals surface area contributed by atoms with E-state index in [1.165, 1.54) is 18.3 Å². The van der Waals surface area contributed by atoms with Gasteiger partial charge in [-0.15, -0.1) is 0 Å². The second-order valence-corrected chi connectivity index (χ2v) is 7.97. The largest absolute Gasteiger partial charge is 0.488 e. The van der Waals surface area contributed by atoms with E-state index in [-0.39, 0.29) is 6.61 Å². The van der Waals surface area contributed by atoms with Gasteiger partial charge < -0.3 is 20.9 Å². The number of carbonyl (C=O) groups excluding carboxylic acids is 1. The van der Waals surface area contributed by atoms with Gasteiger partial charge in [-0.05, 0) is 59.5 Å². The predicted molar refractivity (Wildman–Crippen MR) is 134 cm³/mol. The minimum absolute atomic E-state index is 0.173. The highest BCUT2D eigenvalue weighted by molar-refractivity contribution is 6.01. The number of nitrogens with one attached hydrogen (secondary N) is 2. The first-order chi connectivity index (χ1) is 17.3. The Balaban J connectivity index is 0.000000211. The van der Waals surface area contributed by atoms with Crippen molar-refractivity contribution in [2.75, 3.05) is 0 Å². The number of hydrogen-bond donors (Lipinski definition) is 3. The fraction of sp³-hybridized carbons (Fsp3) is 0.0714. The molecule has 0 atom stereocenters. The number of rotatable bonds is 5. The van der Waals surface area contributed by atoms with Crippen molar-refractivity contribution >= 4 is 33.8 Å². The van der Waals surface area contributed by atoms with Crippen molar-refractivity contribution < 1.29 is 22.7 Å². The zero-order valence-electron chi connectivity index (χ0n) is 19.0. The van der Waals surface area contributed by atoms with E-state index >= 15 is 0 Å². The highest BCUT2D eigenvalue weighted by Gasteiger charge is 2.29. The molecule has 0 saturated carbocycles. The molecule has 4 N–H and O–H groups in total. The summed E-state index contributed by atoms with van der Waals surface area (Å²) in [4.78, 5) is 13.8. The Morgan fingerprint density at radius 3 is 2.33 bits per heavy atom. The number of nitrogens with two attached hydrogens (primary N) is 1. The zero-order valence-corrected chi connectivity index (χ0v) is 19.0. The highest BCUT2D eigenvalue weighted by Crippen LogP contribution is 2.30. The number of fused-ring (bicyclic) bond motifs is 2.